The van der Waals surface area contributed by atoms with E-state index in [2.05, 4.69) is 16.9 Å². The summed E-state index contributed by atoms with van der Waals surface area (Å²) in [6, 6.07) is 5.84. The highest BCUT2D eigenvalue weighted by atomic mass is 16.3. The summed E-state index contributed by atoms with van der Waals surface area (Å²) in [5.74, 6) is 1.22. The Balaban J connectivity index is 2.16. The molecule has 0 spiro atoms. The van der Waals surface area contributed by atoms with Crippen molar-refractivity contribution < 1.29 is 5.11 Å². The fraction of sp³-hybridized carbons (Fsp3) is 0.417. The smallest absolute Gasteiger partial charge is 0.197 e. The van der Waals surface area contributed by atoms with E-state index in [1.165, 1.54) is 6.42 Å². The fourth-order valence-electron chi connectivity index (χ4n) is 2.53. The molecule has 1 unspecified atom stereocenters. The van der Waals surface area contributed by atoms with Crippen LogP contribution in [0.2, 0.25) is 0 Å². The molecule has 16 heavy (non-hydrogen) atoms. The number of nitrogens with zero attached hydrogens (tertiary/aromatic N) is 3. The van der Waals surface area contributed by atoms with Crippen molar-refractivity contribution in [2.24, 2.45) is 0 Å². The van der Waals surface area contributed by atoms with Crippen LogP contribution in [0.1, 0.15) is 24.7 Å². The van der Waals surface area contributed by atoms with Gasteiger partial charge in [0.1, 0.15) is 5.82 Å². The van der Waals surface area contributed by atoms with Crippen molar-refractivity contribution >= 4 is 5.52 Å². The maximum atomic E-state index is 9.89. The lowest BCUT2D eigenvalue weighted by Crippen LogP contribution is -2.19. The van der Waals surface area contributed by atoms with Crippen LogP contribution < -0.4 is 0 Å². The number of pyridine rings is 1. The molecule has 1 N–H and O–H groups in total. The van der Waals surface area contributed by atoms with Gasteiger partial charge in [0.15, 0.2) is 5.88 Å². The molecule has 1 fully saturated rings. The summed E-state index contributed by atoms with van der Waals surface area (Å²) in [6.45, 7) is 1.10. The lowest BCUT2D eigenvalue weighted by molar-refractivity contribution is 0.301. The predicted molar refractivity (Wildman–Crippen MR) is 61.5 cm³/mol. The van der Waals surface area contributed by atoms with Gasteiger partial charge >= 0.3 is 0 Å². The summed E-state index contributed by atoms with van der Waals surface area (Å²) < 4.78 is 1.84. The topological polar surface area (TPSA) is 40.8 Å². The molecule has 0 amide bonds. The van der Waals surface area contributed by atoms with E-state index in [9.17, 15) is 5.11 Å². The third-order valence-electron chi connectivity index (χ3n) is 3.38. The lowest BCUT2D eigenvalue weighted by atomic mass is 10.2. The zero-order chi connectivity index (χ0) is 11.1. The molecule has 0 radical (unpaired) electrons. The van der Waals surface area contributed by atoms with E-state index in [1.807, 2.05) is 22.7 Å². The number of hydrogen-bond acceptors (Lipinski definition) is 3. The molecule has 1 aliphatic rings. The van der Waals surface area contributed by atoms with Crippen LogP contribution in [-0.4, -0.2) is 33.0 Å². The first-order valence-corrected chi connectivity index (χ1v) is 5.63. The van der Waals surface area contributed by atoms with E-state index in [4.69, 9.17) is 0 Å². The highest BCUT2D eigenvalue weighted by Gasteiger charge is 2.26. The minimum absolute atomic E-state index is 0.269. The second kappa shape index (κ2) is 3.49. The van der Waals surface area contributed by atoms with Gasteiger partial charge in [-0.15, -0.1) is 0 Å². The SMILES string of the molecule is CN1CCCC1c1ncc2cccc(O)n12. The minimum Gasteiger partial charge on any atom is -0.494 e. The van der Waals surface area contributed by atoms with Crippen LogP contribution in [0.3, 0.4) is 0 Å². The van der Waals surface area contributed by atoms with Gasteiger partial charge in [0.05, 0.1) is 17.8 Å². The molecule has 2 aromatic rings. The zero-order valence-corrected chi connectivity index (χ0v) is 9.30. The minimum atomic E-state index is 0.269. The van der Waals surface area contributed by atoms with Gasteiger partial charge in [-0.05, 0) is 38.6 Å². The van der Waals surface area contributed by atoms with Crippen molar-refractivity contribution in [3.8, 4) is 5.88 Å². The summed E-state index contributed by atoms with van der Waals surface area (Å²) in [4.78, 5) is 6.74. The molecule has 0 bridgehead atoms. The van der Waals surface area contributed by atoms with Crippen molar-refractivity contribution in [2.75, 3.05) is 13.6 Å². The van der Waals surface area contributed by atoms with Crippen molar-refractivity contribution in [2.45, 2.75) is 18.9 Å². The molecular formula is C12H15N3O. The van der Waals surface area contributed by atoms with Gasteiger partial charge in [-0.1, -0.05) is 6.07 Å². The Morgan fingerprint density at radius 2 is 2.31 bits per heavy atom. The third-order valence-corrected chi connectivity index (χ3v) is 3.38. The van der Waals surface area contributed by atoms with Gasteiger partial charge in [0.25, 0.3) is 0 Å². The number of rotatable bonds is 1. The molecule has 0 aromatic carbocycles. The summed E-state index contributed by atoms with van der Waals surface area (Å²) >= 11 is 0. The Morgan fingerprint density at radius 1 is 1.44 bits per heavy atom. The first-order chi connectivity index (χ1) is 7.77. The predicted octanol–water partition coefficient (Wildman–Crippen LogP) is 1.81. The summed E-state index contributed by atoms with van der Waals surface area (Å²) in [6.07, 6.45) is 4.13. The van der Waals surface area contributed by atoms with Crippen LogP contribution in [0, 0.1) is 0 Å². The van der Waals surface area contributed by atoms with Crippen LogP contribution >= 0.6 is 0 Å². The van der Waals surface area contributed by atoms with Crippen LogP contribution in [-0.2, 0) is 0 Å². The average molecular weight is 217 g/mol. The summed E-state index contributed by atoms with van der Waals surface area (Å²) in [5.41, 5.74) is 0.954. The molecule has 0 aliphatic carbocycles. The van der Waals surface area contributed by atoms with E-state index in [0.29, 0.717) is 6.04 Å². The highest BCUT2D eigenvalue weighted by Crippen LogP contribution is 2.31. The third kappa shape index (κ3) is 1.30. The lowest BCUT2D eigenvalue weighted by Gasteiger charge is -2.18. The van der Waals surface area contributed by atoms with Gasteiger partial charge < -0.3 is 5.11 Å². The number of aromatic nitrogens is 2. The first kappa shape index (κ1) is 9.66. The van der Waals surface area contributed by atoms with Gasteiger partial charge in [-0.25, -0.2) is 4.98 Å². The standard InChI is InChI=1S/C12H15N3O/c1-14-7-3-5-10(14)12-13-8-9-4-2-6-11(16)15(9)12/h2,4,6,8,10,16H,3,5,7H2,1H3. The summed E-state index contributed by atoms with van der Waals surface area (Å²) in [7, 11) is 2.11. The maximum absolute atomic E-state index is 9.89. The van der Waals surface area contributed by atoms with E-state index in [-0.39, 0.29) is 5.88 Å². The molecule has 1 aliphatic heterocycles. The van der Waals surface area contributed by atoms with Gasteiger partial charge in [0.2, 0.25) is 0 Å². The van der Waals surface area contributed by atoms with Crippen molar-refractivity contribution in [1.29, 1.82) is 0 Å². The molecule has 2 aromatic heterocycles. The van der Waals surface area contributed by atoms with Crippen molar-refractivity contribution in [3.63, 3.8) is 0 Å². The molecule has 4 heteroatoms. The Hall–Kier alpha value is -1.55. The van der Waals surface area contributed by atoms with Crippen LogP contribution in [0.5, 0.6) is 5.88 Å². The largest absolute Gasteiger partial charge is 0.494 e. The molecule has 3 heterocycles. The van der Waals surface area contributed by atoms with Crippen LogP contribution in [0.15, 0.2) is 24.4 Å². The van der Waals surface area contributed by atoms with Crippen molar-refractivity contribution in [3.05, 3.63) is 30.2 Å². The number of imidazole rings is 1. The van der Waals surface area contributed by atoms with E-state index in [0.717, 1.165) is 24.3 Å². The Bertz CT molecular complexity index is 520. The van der Waals surface area contributed by atoms with Gasteiger partial charge in [0, 0.05) is 0 Å². The zero-order valence-electron chi connectivity index (χ0n) is 9.30. The summed E-state index contributed by atoms with van der Waals surface area (Å²) in [5, 5.41) is 9.89. The molecule has 3 rings (SSSR count). The number of fused-ring (bicyclic) bond motifs is 1. The second-order valence-corrected chi connectivity index (χ2v) is 4.40. The van der Waals surface area contributed by atoms with E-state index >= 15 is 0 Å². The Labute approximate surface area is 94.1 Å². The van der Waals surface area contributed by atoms with Crippen LogP contribution in [0.4, 0.5) is 0 Å². The molecular weight excluding hydrogens is 202 g/mol. The number of aromatic hydroxyl groups is 1. The normalized spacial score (nSPS) is 21.9. The van der Waals surface area contributed by atoms with E-state index < -0.39 is 0 Å². The highest BCUT2D eigenvalue weighted by molar-refractivity contribution is 5.49. The Kier molecular flexibility index (Phi) is 2.11. The van der Waals surface area contributed by atoms with Crippen molar-refractivity contribution in [1.82, 2.24) is 14.3 Å². The molecule has 1 atom stereocenters. The first-order valence-electron chi connectivity index (χ1n) is 5.63. The number of likely N-dealkylation sites (tertiary alicyclic amines) is 1. The van der Waals surface area contributed by atoms with Gasteiger partial charge in [-0.2, -0.15) is 0 Å². The monoisotopic (exact) mass is 217 g/mol. The average Bonchev–Trinajstić information content (AvgIpc) is 2.84. The Morgan fingerprint density at radius 3 is 3.06 bits per heavy atom. The second-order valence-electron chi connectivity index (χ2n) is 4.40. The maximum Gasteiger partial charge on any atom is 0.197 e. The molecule has 0 saturated carbocycles. The molecule has 4 nitrogen and oxygen atoms in total. The van der Waals surface area contributed by atoms with Gasteiger partial charge in [-0.3, -0.25) is 9.30 Å². The van der Waals surface area contributed by atoms with Crippen LogP contribution in [0.25, 0.3) is 5.52 Å². The molecule has 1 saturated heterocycles. The fourth-order valence-corrected chi connectivity index (χ4v) is 2.53. The number of hydrogen-bond donors (Lipinski definition) is 1. The molecule has 84 valence electrons. The van der Waals surface area contributed by atoms with E-state index in [1.54, 1.807) is 6.07 Å². The quantitative estimate of drug-likeness (QED) is 0.792.